The van der Waals surface area contributed by atoms with Crippen LogP contribution in [0.3, 0.4) is 0 Å². The Bertz CT molecular complexity index is 2010. The maximum absolute atomic E-state index is 4.46. The second-order valence-electron chi connectivity index (χ2n) is 11.3. The van der Waals surface area contributed by atoms with Gasteiger partial charge >= 0.3 is 0 Å². The summed E-state index contributed by atoms with van der Waals surface area (Å²) in [7, 11) is 0. The number of para-hydroxylation sites is 1. The Morgan fingerprint density at radius 3 is 1.85 bits per heavy atom. The standard InChI is InChI=1S/C38H28N2/c1-38(2)33-15-9-14-31-32-24-39-19-18-35(32)40(37(31)33)36-17-16-27(23-34(36)38)30-21-28(25-10-5-3-6-11-25)20-29(22-30)26-12-7-4-8-13-26/h3-24H,1-2H3. The van der Waals surface area contributed by atoms with E-state index in [4.69, 9.17) is 0 Å². The van der Waals surface area contributed by atoms with Gasteiger partial charge in [0.25, 0.3) is 0 Å². The number of hydrogen-bond donors (Lipinski definition) is 0. The van der Waals surface area contributed by atoms with Crippen molar-refractivity contribution in [2.24, 2.45) is 0 Å². The molecule has 0 bridgehead atoms. The van der Waals surface area contributed by atoms with Gasteiger partial charge in [-0.1, -0.05) is 98.8 Å². The fourth-order valence-corrected chi connectivity index (χ4v) is 6.61. The van der Waals surface area contributed by atoms with Crippen molar-refractivity contribution >= 4 is 21.8 Å². The van der Waals surface area contributed by atoms with Crippen molar-refractivity contribution in [3.63, 3.8) is 0 Å². The lowest BCUT2D eigenvalue weighted by Crippen LogP contribution is -2.26. The highest BCUT2D eigenvalue weighted by Gasteiger charge is 2.35. The molecule has 8 rings (SSSR count). The molecule has 1 aliphatic rings. The van der Waals surface area contributed by atoms with Crippen LogP contribution < -0.4 is 0 Å². The third-order valence-corrected chi connectivity index (χ3v) is 8.65. The minimum Gasteiger partial charge on any atom is -0.309 e. The number of aromatic nitrogens is 2. The summed E-state index contributed by atoms with van der Waals surface area (Å²) in [5.41, 5.74) is 13.7. The predicted molar refractivity (Wildman–Crippen MR) is 167 cm³/mol. The van der Waals surface area contributed by atoms with Crippen molar-refractivity contribution in [2.45, 2.75) is 19.3 Å². The summed E-state index contributed by atoms with van der Waals surface area (Å²) in [6.07, 6.45) is 3.91. The molecule has 7 aromatic rings. The smallest absolute Gasteiger partial charge is 0.0582 e. The molecule has 0 saturated heterocycles. The van der Waals surface area contributed by atoms with Crippen molar-refractivity contribution in [1.82, 2.24) is 9.55 Å². The molecule has 40 heavy (non-hydrogen) atoms. The minimum atomic E-state index is -0.151. The lowest BCUT2D eigenvalue weighted by molar-refractivity contribution is 0.630. The number of rotatable bonds is 3. The molecule has 2 aromatic heterocycles. The maximum atomic E-state index is 4.46. The Morgan fingerprint density at radius 2 is 1.18 bits per heavy atom. The van der Waals surface area contributed by atoms with Crippen LogP contribution in [0.1, 0.15) is 25.0 Å². The molecule has 0 N–H and O–H groups in total. The lowest BCUT2D eigenvalue weighted by atomic mass is 9.74. The molecular formula is C38H28N2. The number of benzene rings is 5. The molecule has 0 amide bonds. The highest BCUT2D eigenvalue weighted by Crippen LogP contribution is 2.48. The molecule has 0 radical (unpaired) electrons. The lowest BCUT2D eigenvalue weighted by Gasteiger charge is -2.35. The first-order valence-corrected chi connectivity index (χ1v) is 13.9. The van der Waals surface area contributed by atoms with Gasteiger partial charge in [-0.25, -0.2) is 0 Å². The van der Waals surface area contributed by atoms with Crippen LogP contribution in [0.25, 0.3) is 60.9 Å². The van der Waals surface area contributed by atoms with Crippen molar-refractivity contribution in [3.05, 3.63) is 145 Å². The first kappa shape index (κ1) is 23.0. The Labute approximate surface area is 234 Å². The first-order valence-electron chi connectivity index (χ1n) is 13.9. The molecule has 5 aromatic carbocycles. The summed E-state index contributed by atoms with van der Waals surface area (Å²) >= 11 is 0. The highest BCUT2D eigenvalue weighted by atomic mass is 15.0. The Morgan fingerprint density at radius 1 is 0.525 bits per heavy atom. The summed E-state index contributed by atoms with van der Waals surface area (Å²) in [6, 6.07) is 44.2. The molecule has 3 heterocycles. The summed E-state index contributed by atoms with van der Waals surface area (Å²) in [5, 5.41) is 2.47. The molecular weight excluding hydrogens is 484 g/mol. The zero-order chi connectivity index (χ0) is 26.8. The quantitative estimate of drug-likeness (QED) is 0.230. The summed E-state index contributed by atoms with van der Waals surface area (Å²) in [5.74, 6) is 0. The normalized spacial score (nSPS) is 13.4. The number of fused-ring (bicyclic) bond motifs is 5. The van der Waals surface area contributed by atoms with Crippen LogP contribution >= 0.6 is 0 Å². The zero-order valence-corrected chi connectivity index (χ0v) is 22.6. The fraction of sp³-hybridized carbons (Fsp3) is 0.0789. The monoisotopic (exact) mass is 512 g/mol. The van der Waals surface area contributed by atoms with Gasteiger partial charge in [-0.3, -0.25) is 4.98 Å². The molecule has 0 atom stereocenters. The molecule has 2 nitrogen and oxygen atoms in total. The summed E-state index contributed by atoms with van der Waals surface area (Å²) in [6.45, 7) is 4.72. The molecule has 0 aliphatic carbocycles. The Kier molecular flexibility index (Phi) is 4.90. The Balaban J connectivity index is 1.38. The van der Waals surface area contributed by atoms with Crippen LogP contribution in [0.5, 0.6) is 0 Å². The Hall–Kier alpha value is -4.95. The van der Waals surface area contributed by atoms with Gasteiger partial charge in [0.1, 0.15) is 0 Å². The van der Waals surface area contributed by atoms with E-state index in [9.17, 15) is 0 Å². The molecule has 0 fully saturated rings. The molecule has 0 saturated carbocycles. The van der Waals surface area contributed by atoms with E-state index >= 15 is 0 Å². The minimum absolute atomic E-state index is 0.151. The summed E-state index contributed by atoms with van der Waals surface area (Å²) in [4.78, 5) is 4.46. The SMILES string of the molecule is CC1(C)c2cc(-c3cc(-c4ccccc4)cc(-c4ccccc4)c3)ccc2-n2c3ccncc3c3cccc1c32. The van der Waals surface area contributed by atoms with Gasteiger partial charge in [-0.05, 0) is 80.9 Å². The molecule has 1 aliphatic heterocycles. The fourth-order valence-electron chi connectivity index (χ4n) is 6.61. The van der Waals surface area contributed by atoms with Crippen LogP contribution in [0.4, 0.5) is 0 Å². The third kappa shape index (κ3) is 3.32. The van der Waals surface area contributed by atoms with Crippen molar-refractivity contribution in [2.75, 3.05) is 0 Å². The van der Waals surface area contributed by atoms with Crippen molar-refractivity contribution < 1.29 is 0 Å². The molecule has 0 spiro atoms. The van der Waals surface area contributed by atoms with Crippen molar-refractivity contribution in [3.8, 4) is 39.1 Å². The van der Waals surface area contributed by atoms with E-state index < -0.39 is 0 Å². The van der Waals surface area contributed by atoms with E-state index in [1.54, 1.807) is 0 Å². The molecule has 2 heteroatoms. The van der Waals surface area contributed by atoms with Crippen LogP contribution in [-0.4, -0.2) is 9.55 Å². The van der Waals surface area contributed by atoms with Gasteiger partial charge in [0.05, 0.1) is 16.7 Å². The van der Waals surface area contributed by atoms with Crippen molar-refractivity contribution in [1.29, 1.82) is 0 Å². The average molecular weight is 513 g/mol. The number of hydrogen-bond acceptors (Lipinski definition) is 1. The van der Waals surface area contributed by atoms with E-state index in [1.807, 2.05) is 12.4 Å². The molecule has 0 unspecified atom stereocenters. The topological polar surface area (TPSA) is 17.8 Å². The maximum Gasteiger partial charge on any atom is 0.0582 e. The second-order valence-corrected chi connectivity index (χ2v) is 11.3. The first-order chi connectivity index (χ1) is 19.6. The highest BCUT2D eigenvalue weighted by molar-refractivity contribution is 6.11. The largest absolute Gasteiger partial charge is 0.309 e. The van der Waals surface area contributed by atoms with E-state index in [1.165, 1.54) is 72.0 Å². The van der Waals surface area contributed by atoms with Crippen LogP contribution in [0.2, 0.25) is 0 Å². The van der Waals surface area contributed by atoms with Gasteiger partial charge in [0.15, 0.2) is 0 Å². The van der Waals surface area contributed by atoms with Gasteiger partial charge in [0, 0.05) is 28.6 Å². The number of nitrogens with zero attached hydrogens (tertiary/aromatic N) is 2. The van der Waals surface area contributed by atoms with E-state index in [2.05, 4.69) is 145 Å². The third-order valence-electron chi connectivity index (χ3n) is 8.65. The van der Waals surface area contributed by atoms with Crippen LogP contribution in [0.15, 0.2) is 134 Å². The second kappa shape index (κ2) is 8.53. The summed E-state index contributed by atoms with van der Waals surface area (Å²) < 4.78 is 2.45. The van der Waals surface area contributed by atoms with E-state index in [0.717, 1.165) is 0 Å². The predicted octanol–water partition coefficient (Wildman–Crippen LogP) is 9.82. The zero-order valence-electron chi connectivity index (χ0n) is 22.6. The van der Waals surface area contributed by atoms with Crippen LogP contribution in [0, 0.1) is 0 Å². The number of pyridine rings is 1. The van der Waals surface area contributed by atoms with Gasteiger partial charge < -0.3 is 4.57 Å². The molecule has 190 valence electrons. The van der Waals surface area contributed by atoms with Gasteiger partial charge in [-0.15, -0.1) is 0 Å². The van der Waals surface area contributed by atoms with E-state index in [-0.39, 0.29) is 5.41 Å². The van der Waals surface area contributed by atoms with E-state index in [0.29, 0.717) is 0 Å². The van der Waals surface area contributed by atoms with Crippen LogP contribution in [-0.2, 0) is 5.41 Å². The average Bonchev–Trinajstić information content (AvgIpc) is 3.35. The van der Waals surface area contributed by atoms with Gasteiger partial charge in [0.2, 0.25) is 0 Å². The van der Waals surface area contributed by atoms with Gasteiger partial charge in [-0.2, -0.15) is 0 Å².